The minimum Gasteiger partial charge on any atom is -0.357 e. The second-order valence-electron chi connectivity index (χ2n) is 5.07. The Morgan fingerprint density at radius 3 is 2.83 bits per heavy atom. The molecule has 0 aliphatic heterocycles. The minimum absolute atomic E-state index is 0.528. The highest BCUT2D eigenvalue weighted by Gasteiger charge is 2.23. The number of rotatable bonds is 3. The van der Waals surface area contributed by atoms with Crippen LogP contribution in [-0.2, 0) is 0 Å². The van der Waals surface area contributed by atoms with E-state index in [9.17, 15) is 0 Å². The standard InChI is InChI=1S/C13H20ClN3S/c1-9-5-4-6-10(7-9)17(2)12-8-11(14)15-13(16-12)18-3/h8-10H,4-7H2,1-3H3. The normalized spacial score (nSPS) is 24.0. The van der Waals surface area contributed by atoms with Gasteiger partial charge in [-0.05, 0) is 25.0 Å². The van der Waals surface area contributed by atoms with Gasteiger partial charge in [0.25, 0.3) is 0 Å². The van der Waals surface area contributed by atoms with Gasteiger partial charge in [0, 0.05) is 19.2 Å². The third-order valence-corrected chi connectivity index (χ3v) is 4.40. The van der Waals surface area contributed by atoms with Gasteiger partial charge >= 0.3 is 0 Å². The molecule has 1 saturated carbocycles. The average molecular weight is 286 g/mol. The molecule has 2 atom stereocenters. The predicted octanol–water partition coefficient (Wildman–Crippen LogP) is 3.87. The van der Waals surface area contributed by atoms with Crippen LogP contribution in [-0.4, -0.2) is 29.3 Å². The van der Waals surface area contributed by atoms with Gasteiger partial charge in [0.15, 0.2) is 5.16 Å². The van der Waals surface area contributed by atoms with E-state index < -0.39 is 0 Å². The molecule has 1 aromatic heterocycles. The van der Waals surface area contributed by atoms with E-state index in [4.69, 9.17) is 11.6 Å². The van der Waals surface area contributed by atoms with Gasteiger partial charge in [-0.25, -0.2) is 9.97 Å². The molecule has 18 heavy (non-hydrogen) atoms. The Balaban J connectivity index is 2.16. The molecular formula is C13H20ClN3S. The van der Waals surface area contributed by atoms with Crippen molar-refractivity contribution >= 4 is 29.2 Å². The van der Waals surface area contributed by atoms with Gasteiger partial charge in [-0.1, -0.05) is 43.1 Å². The molecule has 100 valence electrons. The van der Waals surface area contributed by atoms with Crippen LogP contribution in [0.1, 0.15) is 32.6 Å². The molecule has 1 heterocycles. The van der Waals surface area contributed by atoms with Crippen LogP contribution >= 0.6 is 23.4 Å². The van der Waals surface area contributed by atoms with Crippen molar-refractivity contribution in [1.29, 1.82) is 0 Å². The molecule has 0 saturated heterocycles. The highest BCUT2D eigenvalue weighted by Crippen LogP contribution is 2.30. The van der Waals surface area contributed by atoms with Crippen LogP contribution in [0.15, 0.2) is 11.2 Å². The highest BCUT2D eigenvalue weighted by molar-refractivity contribution is 7.98. The third-order valence-electron chi connectivity index (χ3n) is 3.66. The van der Waals surface area contributed by atoms with E-state index >= 15 is 0 Å². The summed E-state index contributed by atoms with van der Waals surface area (Å²) in [5, 5.41) is 1.27. The molecule has 3 nitrogen and oxygen atoms in total. The molecule has 0 amide bonds. The number of hydrogen-bond acceptors (Lipinski definition) is 4. The van der Waals surface area contributed by atoms with Crippen LogP contribution in [0.5, 0.6) is 0 Å². The summed E-state index contributed by atoms with van der Waals surface area (Å²) in [4.78, 5) is 11.0. The smallest absolute Gasteiger partial charge is 0.190 e. The third kappa shape index (κ3) is 3.29. The first-order valence-corrected chi connectivity index (χ1v) is 8.02. The second kappa shape index (κ2) is 6.11. The van der Waals surface area contributed by atoms with E-state index in [0.29, 0.717) is 11.2 Å². The highest BCUT2D eigenvalue weighted by atomic mass is 35.5. The average Bonchev–Trinajstić information content (AvgIpc) is 2.37. The maximum Gasteiger partial charge on any atom is 0.190 e. The zero-order valence-corrected chi connectivity index (χ0v) is 12.8. The largest absolute Gasteiger partial charge is 0.357 e. The first kappa shape index (κ1) is 13.9. The van der Waals surface area contributed by atoms with E-state index in [-0.39, 0.29) is 0 Å². The van der Waals surface area contributed by atoms with Crippen LogP contribution in [0, 0.1) is 5.92 Å². The van der Waals surface area contributed by atoms with Crippen molar-refractivity contribution in [2.24, 2.45) is 5.92 Å². The van der Waals surface area contributed by atoms with Crippen molar-refractivity contribution in [2.45, 2.75) is 43.8 Å². The van der Waals surface area contributed by atoms with Gasteiger partial charge < -0.3 is 4.90 Å². The van der Waals surface area contributed by atoms with E-state index in [0.717, 1.165) is 16.9 Å². The lowest BCUT2D eigenvalue weighted by Crippen LogP contribution is -2.36. The molecule has 1 aliphatic carbocycles. The summed E-state index contributed by atoms with van der Waals surface area (Å²) in [6.07, 6.45) is 7.12. The molecule has 1 aliphatic rings. The van der Waals surface area contributed by atoms with Crippen molar-refractivity contribution in [3.8, 4) is 0 Å². The lowest BCUT2D eigenvalue weighted by molar-refractivity contribution is 0.335. The first-order chi connectivity index (χ1) is 8.60. The second-order valence-corrected chi connectivity index (χ2v) is 6.23. The van der Waals surface area contributed by atoms with Crippen molar-refractivity contribution in [2.75, 3.05) is 18.2 Å². The lowest BCUT2D eigenvalue weighted by atomic mass is 9.86. The van der Waals surface area contributed by atoms with E-state index in [1.54, 1.807) is 0 Å². The quantitative estimate of drug-likeness (QED) is 0.479. The number of halogens is 1. The molecule has 1 fully saturated rings. The van der Waals surface area contributed by atoms with E-state index in [2.05, 4.69) is 28.8 Å². The summed E-state index contributed by atoms with van der Waals surface area (Å²) in [6, 6.07) is 2.44. The van der Waals surface area contributed by atoms with Crippen molar-refractivity contribution < 1.29 is 0 Å². The Kier molecular flexibility index (Phi) is 4.73. The molecule has 5 heteroatoms. The number of thioether (sulfide) groups is 1. The molecule has 0 radical (unpaired) electrons. The molecule has 0 aromatic carbocycles. The Hall–Kier alpha value is -0.480. The number of nitrogens with zero attached hydrogens (tertiary/aromatic N) is 3. The maximum absolute atomic E-state index is 6.05. The SMILES string of the molecule is CSc1nc(Cl)cc(N(C)C2CCCC(C)C2)n1. The fourth-order valence-electron chi connectivity index (χ4n) is 2.60. The van der Waals surface area contributed by atoms with E-state index in [1.807, 2.05) is 12.3 Å². The topological polar surface area (TPSA) is 29.0 Å². The summed E-state index contributed by atoms with van der Waals surface area (Å²) in [6.45, 7) is 2.33. The summed E-state index contributed by atoms with van der Waals surface area (Å²) in [7, 11) is 2.12. The Labute approximate surface area is 118 Å². The molecular weight excluding hydrogens is 266 g/mol. The molecule has 0 spiro atoms. The van der Waals surface area contributed by atoms with Gasteiger partial charge in [-0.15, -0.1) is 0 Å². The zero-order valence-electron chi connectivity index (χ0n) is 11.2. The van der Waals surface area contributed by atoms with Crippen LogP contribution in [0.2, 0.25) is 5.15 Å². The summed E-state index contributed by atoms with van der Waals surface area (Å²) < 4.78 is 0. The minimum atomic E-state index is 0.528. The molecule has 0 N–H and O–H groups in total. The van der Waals surface area contributed by atoms with Crippen LogP contribution in [0.4, 0.5) is 5.82 Å². The zero-order chi connectivity index (χ0) is 13.1. The van der Waals surface area contributed by atoms with Crippen LogP contribution in [0.3, 0.4) is 0 Å². The van der Waals surface area contributed by atoms with Gasteiger partial charge in [0.05, 0.1) is 0 Å². The summed E-state index contributed by atoms with van der Waals surface area (Å²) in [5.74, 6) is 1.75. The summed E-state index contributed by atoms with van der Waals surface area (Å²) in [5.41, 5.74) is 0. The van der Waals surface area contributed by atoms with Crippen molar-refractivity contribution in [3.05, 3.63) is 11.2 Å². The monoisotopic (exact) mass is 285 g/mol. The molecule has 0 bridgehead atoms. The Bertz CT molecular complexity index is 413. The van der Waals surface area contributed by atoms with Gasteiger partial charge in [-0.2, -0.15) is 0 Å². The van der Waals surface area contributed by atoms with Gasteiger partial charge in [0.2, 0.25) is 0 Å². The number of hydrogen-bond donors (Lipinski definition) is 0. The first-order valence-electron chi connectivity index (χ1n) is 6.41. The molecule has 2 unspecified atom stereocenters. The Morgan fingerprint density at radius 2 is 2.17 bits per heavy atom. The van der Waals surface area contributed by atoms with Gasteiger partial charge in [-0.3, -0.25) is 0 Å². The molecule has 1 aromatic rings. The maximum atomic E-state index is 6.05. The summed E-state index contributed by atoms with van der Waals surface area (Å²) >= 11 is 7.58. The number of anilines is 1. The van der Waals surface area contributed by atoms with Crippen LogP contribution < -0.4 is 4.90 Å². The lowest BCUT2D eigenvalue weighted by Gasteiger charge is -2.34. The fourth-order valence-corrected chi connectivity index (χ4v) is 3.20. The molecule has 2 rings (SSSR count). The fraction of sp³-hybridized carbons (Fsp3) is 0.692. The van der Waals surface area contributed by atoms with Crippen LogP contribution in [0.25, 0.3) is 0 Å². The Morgan fingerprint density at radius 1 is 1.39 bits per heavy atom. The van der Waals surface area contributed by atoms with Crippen molar-refractivity contribution in [3.63, 3.8) is 0 Å². The van der Waals surface area contributed by atoms with Crippen molar-refractivity contribution in [1.82, 2.24) is 9.97 Å². The predicted molar refractivity (Wildman–Crippen MR) is 78.6 cm³/mol. The number of aromatic nitrogens is 2. The van der Waals surface area contributed by atoms with E-state index in [1.165, 1.54) is 37.4 Å². The van der Waals surface area contributed by atoms with Gasteiger partial charge in [0.1, 0.15) is 11.0 Å².